The molecule has 2 rings (SSSR count). The van der Waals surface area contributed by atoms with Crippen LogP contribution in [0.3, 0.4) is 0 Å². The number of phenolic OH excluding ortho intramolecular Hbond substituents is 1. The van der Waals surface area contributed by atoms with Crippen LogP contribution in [0.1, 0.15) is 11.1 Å². The van der Waals surface area contributed by atoms with Crippen molar-refractivity contribution >= 4 is 11.6 Å². The summed E-state index contributed by atoms with van der Waals surface area (Å²) in [6, 6.07) is 13.9. The number of nitrogens with two attached hydrogens (primary N) is 1. The molecular formula is C16H16N2O4. The third-order valence-corrected chi connectivity index (χ3v) is 3.00. The molecule has 0 heterocycles. The van der Waals surface area contributed by atoms with Gasteiger partial charge in [0.2, 0.25) is 0 Å². The molecule has 0 radical (unpaired) electrons. The summed E-state index contributed by atoms with van der Waals surface area (Å²) in [4.78, 5) is 10.7. The van der Waals surface area contributed by atoms with Crippen LogP contribution in [0.15, 0.2) is 53.7 Å². The van der Waals surface area contributed by atoms with Crippen molar-refractivity contribution in [3.05, 3.63) is 59.7 Å². The Morgan fingerprint density at radius 2 is 1.91 bits per heavy atom. The molecule has 0 unspecified atom stereocenters. The molecule has 0 aromatic heterocycles. The van der Waals surface area contributed by atoms with Crippen molar-refractivity contribution in [1.29, 1.82) is 0 Å². The van der Waals surface area contributed by atoms with Crippen LogP contribution in [-0.2, 0) is 11.2 Å². The minimum atomic E-state index is -0.606. The molecule has 0 bridgehead atoms. The minimum absolute atomic E-state index is 0.106. The van der Waals surface area contributed by atoms with Gasteiger partial charge in [-0.1, -0.05) is 35.5 Å². The smallest absolute Gasteiger partial charge is 0.255 e. The van der Waals surface area contributed by atoms with Crippen molar-refractivity contribution in [1.82, 2.24) is 0 Å². The predicted octanol–water partition coefficient (Wildman–Crippen LogP) is 1.68. The van der Waals surface area contributed by atoms with Gasteiger partial charge in [0.1, 0.15) is 11.5 Å². The standard InChI is InChI=1S/C16H16N2O4/c17-16(20)10-22-12-6-7-13(15(19)9-12)14(18-21)8-11-4-2-1-3-5-11/h1-7,9,19,21H,8,10H2,(H2,17,20)/b18-14-. The molecule has 0 aliphatic heterocycles. The highest BCUT2D eigenvalue weighted by atomic mass is 16.5. The van der Waals surface area contributed by atoms with E-state index >= 15 is 0 Å². The van der Waals surface area contributed by atoms with E-state index in [9.17, 15) is 15.1 Å². The van der Waals surface area contributed by atoms with Crippen LogP contribution < -0.4 is 10.5 Å². The molecule has 0 aliphatic rings. The van der Waals surface area contributed by atoms with Crippen molar-refractivity contribution in [3.63, 3.8) is 0 Å². The number of primary amides is 1. The Labute approximate surface area is 127 Å². The molecule has 0 atom stereocenters. The summed E-state index contributed by atoms with van der Waals surface area (Å²) in [5.41, 5.74) is 6.64. The van der Waals surface area contributed by atoms with Crippen LogP contribution in [-0.4, -0.2) is 28.5 Å². The quantitative estimate of drug-likeness (QED) is 0.429. The van der Waals surface area contributed by atoms with Crippen LogP contribution in [0.25, 0.3) is 0 Å². The topological polar surface area (TPSA) is 105 Å². The van der Waals surface area contributed by atoms with E-state index in [1.807, 2.05) is 30.3 Å². The summed E-state index contributed by atoms with van der Waals surface area (Å²) in [6.07, 6.45) is 0.367. The first kappa shape index (κ1) is 15.4. The van der Waals surface area contributed by atoms with Gasteiger partial charge in [-0.3, -0.25) is 4.79 Å². The van der Waals surface area contributed by atoms with E-state index in [-0.39, 0.29) is 12.4 Å². The first-order valence-electron chi connectivity index (χ1n) is 6.59. The summed E-state index contributed by atoms with van der Waals surface area (Å²) >= 11 is 0. The summed E-state index contributed by atoms with van der Waals surface area (Å²) < 4.78 is 5.10. The second-order valence-electron chi connectivity index (χ2n) is 4.64. The maximum Gasteiger partial charge on any atom is 0.255 e. The Bertz CT molecular complexity index is 684. The molecule has 114 valence electrons. The number of ether oxygens (including phenoxy) is 1. The fourth-order valence-electron chi connectivity index (χ4n) is 1.97. The molecule has 0 fully saturated rings. The molecule has 6 nitrogen and oxygen atoms in total. The van der Waals surface area contributed by atoms with Gasteiger partial charge in [0.05, 0.1) is 5.71 Å². The second kappa shape index (κ2) is 7.12. The SMILES string of the molecule is NC(=O)COc1ccc(/C(Cc2ccccc2)=N\O)c(O)c1. The van der Waals surface area contributed by atoms with Crippen LogP contribution >= 0.6 is 0 Å². The molecule has 6 heteroatoms. The van der Waals surface area contributed by atoms with Gasteiger partial charge in [-0.25, -0.2) is 0 Å². The Morgan fingerprint density at radius 1 is 1.18 bits per heavy atom. The van der Waals surface area contributed by atoms with Crippen LogP contribution in [0.2, 0.25) is 0 Å². The maximum atomic E-state index is 10.7. The summed E-state index contributed by atoms with van der Waals surface area (Å²) in [7, 11) is 0. The van der Waals surface area contributed by atoms with Gasteiger partial charge in [-0.05, 0) is 17.7 Å². The van der Waals surface area contributed by atoms with E-state index < -0.39 is 5.91 Å². The van der Waals surface area contributed by atoms with Gasteiger partial charge in [0, 0.05) is 18.1 Å². The van der Waals surface area contributed by atoms with Crippen molar-refractivity contribution < 1.29 is 19.8 Å². The third-order valence-electron chi connectivity index (χ3n) is 3.00. The second-order valence-corrected chi connectivity index (χ2v) is 4.64. The molecule has 4 N–H and O–H groups in total. The highest BCUT2D eigenvalue weighted by Crippen LogP contribution is 2.25. The lowest BCUT2D eigenvalue weighted by atomic mass is 10.0. The molecule has 0 spiro atoms. The number of aromatic hydroxyl groups is 1. The highest BCUT2D eigenvalue weighted by Gasteiger charge is 2.12. The van der Waals surface area contributed by atoms with Crippen LogP contribution in [0.4, 0.5) is 0 Å². The normalized spacial score (nSPS) is 11.2. The molecule has 2 aromatic carbocycles. The monoisotopic (exact) mass is 300 g/mol. The fraction of sp³-hybridized carbons (Fsp3) is 0.125. The van der Waals surface area contributed by atoms with Crippen molar-refractivity contribution in [2.24, 2.45) is 10.9 Å². The van der Waals surface area contributed by atoms with Gasteiger partial charge in [-0.2, -0.15) is 0 Å². The fourth-order valence-corrected chi connectivity index (χ4v) is 1.97. The predicted molar refractivity (Wildman–Crippen MR) is 81.3 cm³/mol. The summed E-state index contributed by atoms with van der Waals surface area (Å²) in [5, 5.41) is 22.5. The Hall–Kier alpha value is -3.02. The van der Waals surface area contributed by atoms with E-state index in [2.05, 4.69) is 5.16 Å². The minimum Gasteiger partial charge on any atom is -0.507 e. The molecule has 22 heavy (non-hydrogen) atoms. The van der Waals surface area contributed by atoms with E-state index in [0.29, 0.717) is 23.4 Å². The Balaban J connectivity index is 2.18. The number of hydrogen-bond acceptors (Lipinski definition) is 5. The van der Waals surface area contributed by atoms with Crippen LogP contribution in [0.5, 0.6) is 11.5 Å². The number of nitrogens with zero attached hydrogens (tertiary/aromatic N) is 1. The van der Waals surface area contributed by atoms with E-state index in [0.717, 1.165) is 5.56 Å². The average Bonchev–Trinajstić information content (AvgIpc) is 2.52. The van der Waals surface area contributed by atoms with Gasteiger partial charge >= 0.3 is 0 Å². The number of hydrogen-bond donors (Lipinski definition) is 3. The Morgan fingerprint density at radius 3 is 2.50 bits per heavy atom. The largest absolute Gasteiger partial charge is 0.507 e. The van der Waals surface area contributed by atoms with Crippen LogP contribution in [0, 0.1) is 0 Å². The third kappa shape index (κ3) is 3.99. The van der Waals surface area contributed by atoms with Gasteiger partial charge in [0.15, 0.2) is 6.61 Å². The summed E-state index contributed by atoms with van der Waals surface area (Å²) in [5.74, 6) is -0.409. The Kier molecular flexibility index (Phi) is 4.98. The van der Waals surface area contributed by atoms with Gasteiger partial charge < -0.3 is 20.8 Å². The lowest BCUT2D eigenvalue weighted by Crippen LogP contribution is -2.20. The average molecular weight is 300 g/mol. The zero-order valence-electron chi connectivity index (χ0n) is 11.8. The zero-order valence-corrected chi connectivity index (χ0v) is 11.8. The van der Waals surface area contributed by atoms with Crippen molar-refractivity contribution in [2.45, 2.75) is 6.42 Å². The number of phenols is 1. The molecule has 1 amide bonds. The maximum absolute atomic E-state index is 10.7. The summed E-state index contributed by atoms with van der Waals surface area (Å²) in [6.45, 7) is -0.274. The molecular weight excluding hydrogens is 284 g/mol. The molecule has 0 saturated carbocycles. The number of amides is 1. The lowest BCUT2D eigenvalue weighted by Gasteiger charge is -2.10. The number of benzene rings is 2. The number of rotatable bonds is 6. The van der Waals surface area contributed by atoms with E-state index in [4.69, 9.17) is 10.5 Å². The molecule has 2 aromatic rings. The highest BCUT2D eigenvalue weighted by molar-refractivity contribution is 6.03. The van der Waals surface area contributed by atoms with Gasteiger partial charge in [-0.15, -0.1) is 0 Å². The molecule has 0 saturated heterocycles. The number of carbonyl (C=O) groups is 1. The first-order chi connectivity index (χ1) is 10.6. The lowest BCUT2D eigenvalue weighted by molar-refractivity contribution is -0.119. The first-order valence-corrected chi connectivity index (χ1v) is 6.59. The van der Waals surface area contributed by atoms with Crippen molar-refractivity contribution in [2.75, 3.05) is 6.61 Å². The number of oxime groups is 1. The molecule has 0 aliphatic carbocycles. The van der Waals surface area contributed by atoms with E-state index in [1.165, 1.54) is 6.07 Å². The number of carbonyl (C=O) groups excluding carboxylic acids is 1. The van der Waals surface area contributed by atoms with Crippen molar-refractivity contribution in [3.8, 4) is 11.5 Å². The van der Waals surface area contributed by atoms with Gasteiger partial charge in [0.25, 0.3) is 5.91 Å². The zero-order chi connectivity index (χ0) is 15.9. The van der Waals surface area contributed by atoms with E-state index in [1.54, 1.807) is 12.1 Å².